The van der Waals surface area contributed by atoms with Crippen LogP contribution in [0.4, 0.5) is 0 Å². The molecule has 1 aromatic carbocycles. The first kappa shape index (κ1) is 15.0. The van der Waals surface area contributed by atoms with E-state index in [0.717, 1.165) is 19.0 Å². The van der Waals surface area contributed by atoms with Gasteiger partial charge in [0.05, 0.1) is 6.54 Å². The molecule has 0 radical (unpaired) electrons. The first-order chi connectivity index (χ1) is 9.65. The van der Waals surface area contributed by atoms with Crippen LogP contribution in [0.3, 0.4) is 0 Å². The Morgan fingerprint density at radius 1 is 1.25 bits per heavy atom. The van der Waals surface area contributed by atoms with E-state index in [1.165, 1.54) is 24.0 Å². The van der Waals surface area contributed by atoms with Crippen LogP contribution in [0.2, 0.25) is 0 Å². The van der Waals surface area contributed by atoms with Crippen molar-refractivity contribution in [2.75, 3.05) is 27.2 Å². The molecule has 0 aromatic heterocycles. The second kappa shape index (κ2) is 7.41. The number of benzene rings is 1. The van der Waals surface area contributed by atoms with Crippen molar-refractivity contribution in [1.82, 2.24) is 15.5 Å². The molecule has 0 heterocycles. The van der Waals surface area contributed by atoms with Crippen LogP contribution in [-0.2, 0) is 17.9 Å². The van der Waals surface area contributed by atoms with E-state index in [-0.39, 0.29) is 5.91 Å². The van der Waals surface area contributed by atoms with Crippen LogP contribution in [-0.4, -0.2) is 38.0 Å². The van der Waals surface area contributed by atoms with Crippen molar-refractivity contribution in [1.29, 1.82) is 0 Å². The van der Waals surface area contributed by atoms with E-state index in [1.807, 2.05) is 12.1 Å². The molecule has 20 heavy (non-hydrogen) atoms. The molecule has 0 bridgehead atoms. The van der Waals surface area contributed by atoms with Crippen molar-refractivity contribution in [2.45, 2.75) is 25.9 Å². The molecule has 110 valence electrons. The molecule has 0 aliphatic heterocycles. The average Bonchev–Trinajstić information content (AvgIpc) is 3.21. The van der Waals surface area contributed by atoms with Gasteiger partial charge in [0.2, 0.25) is 5.91 Å². The third-order valence-electron chi connectivity index (χ3n) is 3.50. The smallest absolute Gasteiger partial charge is 0.234 e. The quantitative estimate of drug-likeness (QED) is 0.753. The SMILES string of the molecule is CN(C)Cc1ccccc1CNC(=O)CNCC1CC1. The molecule has 1 saturated carbocycles. The van der Waals surface area contributed by atoms with Gasteiger partial charge in [0.15, 0.2) is 0 Å². The lowest BCUT2D eigenvalue weighted by Gasteiger charge is -2.14. The predicted octanol–water partition coefficient (Wildman–Crippen LogP) is 1.36. The maximum absolute atomic E-state index is 11.8. The van der Waals surface area contributed by atoms with Gasteiger partial charge in [-0.2, -0.15) is 0 Å². The van der Waals surface area contributed by atoms with Gasteiger partial charge in [-0.15, -0.1) is 0 Å². The Morgan fingerprint density at radius 3 is 2.60 bits per heavy atom. The maximum Gasteiger partial charge on any atom is 0.234 e. The van der Waals surface area contributed by atoms with E-state index in [9.17, 15) is 4.79 Å². The van der Waals surface area contributed by atoms with Gasteiger partial charge in [-0.1, -0.05) is 24.3 Å². The first-order valence-electron chi connectivity index (χ1n) is 7.34. The van der Waals surface area contributed by atoms with Crippen LogP contribution in [0.15, 0.2) is 24.3 Å². The van der Waals surface area contributed by atoms with Gasteiger partial charge in [-0.05, 0) is 50.5 Å². The van der Waals surface area contributed by atoms with Gasteiger partial charge < -0.3 is 15.5 Å². The largest absolute Gasteiger partial charge is 0.351 e. The molecule has 1 amide bonds. The van der Waals surface area contributed by atoms with Crippen LogP contribution in [0, 0.1) is 5.92 Å². The fraction of sp³-hybridized carbons (Fsp3) is 0.562. The van der Waals surface area contributed by atoms with E-state index in [1.54, 1.807) is 0 Å². The molecular weight excluding hydrogens is 250 g/mol. The zero-order valence-corrected chi connectivity index (χ0v) is 12.5. The molecule has 2 rings (SSSR count). The number of carbonyl (C=O) groups excluding carboxylic acids is 1. The highest BCUT2D eigenvalue weighted by atomic mass is 16.1. The highest BCUT2D eigenvalue weighted by Crippen LogP contribution is 2.27. The van der Waals surface area contributed by atoms with Gasteiger partial charge in [0, 0.05) is 13.1 Å². The normalized spacial score (nSPS) is 14.6. The molecule has 0 unspecified atom stereocenters. The lowest BCUT2D eigenvalue weighted by atomic mass is 10.1. The maximum atomic E-state index is 11.8. The number of hydrogen-bond donors (Lipinski definition) is 2. The minimum atomic E-state index is 0.0744. The van der Waals surface area contributed by atoms with Crippen molar-refractivity contribution < 1.29 is 4.79 Å². The minimum absolute atomic E-state index is 0.0744. The molecule has 1 fully saturated rings. The zero-order chi connectivity index (χ0) is 14.4. The highest BCUT2D eigenvalue weighted by Gasteiger charge is 2.20. The second-order valence-corrected chi connectivity index (χ2v) is 5.86. The second-order valence-electron chi connectivity index (χ2n) is 5.86. The fourth-order valence-corrected chi connectivity index (χ4v) is 2.19. The van der Waals surface area contributed by atoms with Crippen LogP contribution < -0.4 is 10.6 Å². The topological polar surface area (TPSA) is 44.4 Å². The molecule has 1 aliphatic rings. The summed E-state index contributed by atoms with van der Waals surface area (Å²) in [5.74, 6) is 0.883. The minimum Gasteiger partial charge on any atom is -0.351 e. The van der Waals surface area contributed by atoms with Crippen LogP contribution in [0.5, 0.6) is 0 Å². The lowest BCUT2D eigenvalue weighted by molar-refractivity contribution is -0.120. The molecule has 4 heteroatoms. The number of hydrogen-bond acceptors (Lipinski definition) is 3. The summed E-state index contributed by atoms with van der Waals surface area (Å²) in [7, 11) is 4.11. The molecule has 2 N–H and O–H groups in total. The van der Waals surface area contributed by atoms with Gasteiger partial charge in [-0.25, -0.2) is 0 Å². The van der Waals surface area contributed by atoms with Crippen LogP contribution in [0.1, 0.15) is 24.0 Å². The molecule has 0 atom stereocenters. The van der Waals surface area contributed by atoms with E-state index in [4.69, 9.17) is 0 Å². The van der Waals surface area contributed by atoms with Crippen molar-refractivity contribution in [2.24, 2.45) is 5.92 Å². The molecule has 1 aliphatic carbocycles. The monoisotopic (exact) mass is 275 g/mol. The Morgan fingerprint density at radius 2 is 1.95 bits per heavy atom. The van der Waals surface area contributed by atoms with Crippen LogP contribution in [0.25, 0.3) is 0 Å². The van der Waals surface area contributed by atoms with E-state index in [0.29, 0.717) is 13.1 Å². The fourth-order valence-electron chi connectivity index (χ4n) is 2.19. The Labute approximate surface area is 121 Å². The number of amides is 1. The van der Waals surface area contributed by atoms with Crippen molar-refractivity contribution in [3.8, 4) is 0 Å². The molecule has 1 aromatic rings. The Hall–Kier alpha value is -1.39. The average molecular weight is 275 g/mol. The first-order valence-corrected chi connectivity index (χ1v) is 7.34. The molecule has 0 saturated heterocycles. The molecule has 4 nitrogen and oxygen atoms in total. The van der Waals surface area contributed by atoms with Gasteiger partial charge in [0.25, 0.3) is 0 Å². The summed E-state index contributed by atoms with van der Waals surface area (Å²) >= 11 is 0. The lowest BCUT2D eigenvalue weighted by Crippen LogP contribution is -2.34. The third-order valence-corrected chi connectivity index (χ3v) is 3.50. The predicted molar refractivity (Wildman–Crippen MR) is 81.3 cm³/mol. The summed E-state index contributed by atoms with van der Waals surface area (Å²) in [5.41, 5.74) is 2.46. The van der Waals surface area contributed by atoms with Gasteiger partial charge >= 0.3 is 0 Å². The van der Waals surface area contributed by atoms with Crippen molar-refractivity contribution >= 4 is 5.91 Å². The van der Waals surface area contributed by atoms with E-state index < -0.39 is 0 Å². The number of nitrogens with one attached hydrogen (secondary N) is 2. The summed E-state index contributed by atoms with van der Waals surface area (Å²) < 4.78 is 0. The zero-order valence-electron chi connectivity index (χ0n) is 12.5. The number of carbonyl (C=O) groups is 1. The summed E-state index contributed by atoms with van der Waals surface area (Å²) in [6, 6.07) is 8.26. The summed E-state index contributed by atoms with van der Waals surface area (Å²) in [6.45, 7) is 2.90. The number of rotatable bonds is 8. The van der Waals surface area contributed by atoms with Crippen LogP contribution >= 0.6 is 0 Å². The van der Waals surface area contributed by atoms with Gasteiger partial charge in [0.1, 0.15) is 0 Å². The van der Waals surface area contributed by atoms with Crippen molar-refractivity contribution in [3.63, 3.8) is 0 Å². The number of nitrogens with zero attached hydrogens (tertiary/aromatic N) is 1. The van der Waals surface area contributed by atoms with E-state index in [2.05, 4.69) is 41.8 Å². The standard InChI is InChI=1S/C16H25N3O/c1-19(2)12-15-6-4-3-5-14(15)10-18-16(20)11-17-9-13-7-8-13/h3-6,13,17H,7-12H2,1-2H3,(H,18,20). The molecule has 0 spiro atoms. The summed E-state index contributed by atoms with van der Waals surface area (Å²) in [6.07, 6.45) is 2.62. The Kier molecular flexibility index (Phi) is 5.56. The summed E-state index contributed by atoms with van der Waals surface area (Å²) in [5, 5.41) is 6.20. The van der Waals surface area contributed by atoms with Crippen molar-refractivity contribution in [3.05, 3.63) is 35.4 Å². The Balaban J connectivity index is 1.75. The third kappa shape index (κ3) is 5.31. The Bertz CT molecular complexity index is 441. The summed E-state index contributed by atoms with van der Waals surface area (Å²) in [4.78, 5) is 13.9. The molecular formula is C16H25N3O. The van der Waals surface area contributed by atoms with E-state index >= 15 is 0 Å². The highest BCUT2D eigenvalue weighted by molar-refractivity contribution is 5.78. The van der Waals surface area contributed by atoms with Gasteiger partial charge in [-0.3, -0.25) is 4.79 Å².